The Labute approximate surface area is 168 Å². The summed E-state index contributed by atoms with van der Waals surface area (Å²) in [4.78, 5) is 12.6. The first-order valence-electron chi connectivity index (χ1n) is 8.56. The van der Waals surface area contributed by atoms with Crippen molar-refractivity contribution in [1.29, 1.82) is 0 Å². The molecule has 0 aliphatic carbocycles. The van der Waals surface area contributed by atoms with Gasteiger partial charge in [0.05, 0.1) is 10.3 Å². The Kier molecular flexibility index (Phi) is 5.87. The molecule has 3 aromatic rings. The molecule has 1 aromatic heterocycles. The van der Waals surface area contributed by atoms with Crippen molar-refractivity contribution < 1.29 is 4.79 Å². The minimum absolute atomic E-state index is 0.0748. The monoisotopic (exact) mass is 400 g/mol. The SMILES string of the molecule is Cc1ccc(NC(=O)[C@H](C)Sc2nnc(-c3ccccc3Cl)n2C)c(C)c1. The second-order valence-corrected chi connectivity index (χ2v) is 8.13. The van der Waals surface area contributed by atoms with Crippen molar-refractivity contribution in [2.24, 2.45) is 7.05 Å². The largest absolute Gasteiger partial charge is 0.325 e. The Morgan fingerprint density at radius 1 is 1.19 bits per heavy atom. The van der Waals surface area contributed by atoms with E-state index in [0.717, 1.165) is 16.8 Å². The van der Waals surface area contributed by atoms with Crippen molar-refractivity contribution in [3.8, 4) is 11.4 Å². The number of rotatable bonds is 5. The molecule has 0 fully saturated rings. The number of carbonyl (C=O) groups is 1. The molecule has 0 unspecified atom stereocenters. The number of hydrogen-bond donors (Lipinski definition) is 1. The van der Waals surface area contributed by atoms with Gasteiger partial charge in [-0.2, -0.15) is 0 Å². The van der Waals surface area contributed by atoms with Gasteiger partial charge in [-0.25, -0.2) is 0 Å². The summed E-state index contributed by atoms with van der Waals surface area (Å²) in [5.74, 6) is 0.597. The quantitative estimate of drug-likeness (QED) is 0.620. The van der Waals surface area contributed by atoms with Crippen molar-refractivity contribution in [2.45, 2.75) is 31.2 Å². The van der Waals surface area contributed by atoms with Crippen molar-refractivity contribution in [1.82, 2.24) is 14.8 Å². The second kappa shape index (κ2) is 8.15. The maximum absolute atomic E-state index is 12.6. The van der Waals surface area contributed by atoms with Crippen LogP contribution in [0.5, 0.6) is 0 Å². The highest BCUT2D eigenvalue weighted by Crippen LogP contribution is 2.30. The smallest absolute Gasteiger partial charge is 0.237 e. The van der Waals surface area contributed by atoms with Crippen molar-refractivity contribution >= 4 is 35.0 Å². The Bertz CT molecular complexity index is 986. The van der Waals surface area contributed by atoms with Gasteiger partial charge < -0.3 is 9.88 Å². The Morgan fingerprint density at radius 2 is 1.93 bits per heavy atom. The van der Waals surface area contributed by atoms with E-state index in [2.05, 4.69) is 15.5 Å². The van der Waals surface area contributed by atoms with E-state index < -0.39 is 0 Å². The lowest BCUT2D eigenvalue weighted by Gasteiger charge is -2.13. The van der Waals surface area contributed by atoms with Crippen LogP contribution in [0.1, 0.15) is 18.1 Å². The molecule has 1 heterocycles. The maximum Gasteiger partial charge on any atom is 0.237 e. The lowest BCUT2D eigenvalue weighted by molar-refractivity contribution is -0.115. The number of aryl methyl sites for hydroxylation is 2. The summed E-state index contributed by atoms with van der Waals surface area (Å²) in [5, 5.41) is 12.4. The van der Waals surface area contributed by atoms with Crippen LogP contribution in [0, 0.1) is 13.8 Å². The highest BCUT2D eigenvalue weighted by molar-refractivity contribution is 8.00. The first-order valence-corrected chi connectivity index (χ1v) is 9.81. The van der Waals surface area contributed by atoms with Gasteiger partial charge in [0.15, 0.2) is 11.0 Å². The molecule has 5 nitrogen and oxygen atoms in total. The molecule has 140 valence electrons. The third kappa shape index (κ3) is 4.34. The molecule has 0 saturated carbocycles. The van der Waals surface area contributed by atoms with E-state index in [1.165, 1.54) is 17.3 Å². The molecule has 0 radical (unpaired) electrons. The van der Waals surface area contributed by atoms with E-state index >= 15 is 0 Å². The van der Waals surface area contributed by atoms with E-state index in [4.69, 9.17) is 11.6 Å². The summed E-state index contributed by atoms with van der Waals surface area (Å²) in [6.45, 7) is 5.87. The fourth-order valence-electron chi connectivity index (χ4n) is 2.69. The molecular formula is C20H21ClN4OS. The van der Waals surface area contributed by atoms with Crippen molar-refractivity contribution in [3.63, 3.8) is 0 Å². The average molecular weight is 401 g/mol. The number of nitrogens with zero attached hydrogens (tertiary/aromatic N) is 3. The molecule has 3 rings (SSSR count). The summed E-state index contributed by atoms with van der Waals surface area (Å²) >= 11 is 7.62. The van der Waals surface area contributed by atoms with Crippen LogP contribution in [0.15, 0.2) is 47.6 Å². The zero-order valence-corrected chi connectivity index (χ0v) is 17.2. The summed E-state index contributed by atoms with van der Waals surface area (Å²) in [6, 6.07) is 13.5. The van der Waals surface area contributed by atoms with Crippen LogP contribution in [0.3, 0.4) is 0 Å². The zero-order chi connectivity index (χ0) is 19.6. The lowest BCUT2D eigenvalue weighted by atomic mass is 10.1. The zero-order valence-electron chi connectivity index (χ0n) is 15.7. The number of nitrogens with one attached hydrogen (secondary N) is 1. The molecule has 27 heavy (non-hydrogen) atoms. The van der Waals surface area contributed by atoms with Gasteiger partial charge in [0.1, 0.15) is 0 Å². The molecule has 0 saturated heterocycles. The molecule has 0 aliphatic heterocycles. The van der Waals surface area contributed by atoms with Crippen LogP contribution >= 0.6 is 23.4 Å². The van der Waals surface area contributed by atoms with E-state index in [1.807, 2.05) is 74.9 Å². The topological polar surface area (TPSA) is 59.8 Å². The predicted octanol–water partition coefficient (Wildman–Crippen LogP) is 4.87. The maximum atomic E-state index is 12.6. The number of aromatic nitrogens is 3. The number of carbonyl (C=O) groups excluding carboxylic acids is 1. The van der Waals surface area contributed by atoms with Crippen LogP contribution in [0.2, 0.25) is 5.02 Å². The average Bonchev–Trinajstić information content (AvgIpc) is 2.98. The highest BCUT2D eigenvalue weighted by atomic mass is 35.5. The van der Waals surface area contributed by atoms with Gasteiger partial charge in [0, 0.05) is 18.3 Å². The Morgan fingerprint density at radius 3 is 2.63 bits per heavy atom. The molecule has 0 spiro atoms. The van der Waals surface area contributed by atoms with Crippen molar-refractivity contribution in [3.05, 3.63) is 58.6 Å². The van der Waals surface area contributed by atoms with Crippen LogP contribution < -0.4 is 5.32 Å². The van der Waals surface area contributed by atoms with E-state index in [1.54, 1.807) is 0 Å². The van der Waals surface area contributed by atoms with E-state index in [0.29, 0.717) is 16.0 Å². The molecule has 7 heteroatoms. The minimum atomic E-state index is -0.326. The molecule has 0 bridgehead atoms. The molecule has 1 atom stereocenters. The number of hydrogen-bond acceptors (Lipinski definition) is 4. The predicted molar refractivity (Wildman–Crippen MR) is 111 cm³/mol. The summed E-state index contributed by atoms with van der Waals surface area (Å²) in [7, 11) is 1.87. The molecule has 0 aliphatic rings. The second-order valence-electron chi connectivity index (χ2n) is 6.41. The first kappa shape index (κ1) is 19.5. The Balaban J connectivity index is 1.73. The van der Waals surface area contributed by atoms with Gasteiger partial charge in [-0.05, 0) is 44.5 Å². The molecule has 1 amide bonds. The van der Waals surface area contributed by atoms with Gasteiger partial charge in [-0.15, -0.1) is 10.2 Å². The lowest BCUT2D eigenvalue weighted by Crippen LogP contribution is -2.23. The third-order valence-corrected chi connectivity index (χ3v) is 5.70. The fraction of sp³-hybridized carbons (Fsp3) is 0.250. The van der Waals surface area contributed by atoms with Crippen molar-refractivity contribution in [2.75, 3.05) is 5.32 Å². The third-order valence-electron chi connectivity index (χ3n) is 4.24. The summed E-state index contributed by atoms with van der Waals surface area (Å²) in [6.07, 6.45) is 0. The Hall–Kier alpha value is -2.31. The highest BCUT2D eigenvalue weighted by Gasteiger charge is 2.20. The first-order chi connectivity index (χ1) is 12.9. The van der Waals surface area contributed by atoms with Crippen LogP contribution in [-0.2, 0) is 11.8 Å². The number of thioether (sulfide) groups is 1. The van der Waals surface area contributed by atoms with Gasteiger partial charge in [0.25, 0.3) is 0 Å². The van der Waals surface area contributed by atoms with Gasteiger partial charge in [0.2, 0.25) is 5.91 Å². The molecule has 1 N–H and O–H groups in total. The van der Waals surface area contributed by atoms with Gasteiger partial charge >= 0.3 is 0 Å². The van der Waals surface area contributed by atoms with E-state index in [9.17, 15) is 4.79 Å². The summed E-state index contributed by atoms with van der Waals surface area (Å²) < 4.78 is 1.85. The standard InChI is InChI=1S/C20H21ClN4OS/c1-12-9-10-17(13(2)11-12)22-19(26)14(3)27-20-24-23-18(25(20)4)15-7-5-6-8-16(15)21/h5-11,14H,1-4H3,(H,22,26)/t14-/m0/s1. The van der Waals surface area contributed by atoms with Crippen LogP contribution in [-0.4, -0.2) is 25.9 Å². The van der Waals surface area contributed by atoms with Crippen LogP contribution in [0.25, 0.3) is 11.4 Å². The number of anilines is 1. The normalized spacial score (nSPS) is 12.0. The molecular weight excluding hydrogens is 380 g/mol. The van der Waals surface area contributed by atoms with Gasteiger partial charge in [-0.3, -0.25) is 4.79 Å². The molecule has 2 aromatic carbocycles. The van der Waals surface area contributed by atoms with Gasteiger partial charge in [-0.1, -0.05) is 53.2 Å². The number of benzene rings is 2. The van der Waals surface area contributed by atoms with E-state index in [-0.39, 0.29) is 11.2 Å². The number of halogens is 1. The number of amides is 1. The minimum Gasteiger partial charge on any atom is -0.325 e. The fourth-order valence-corrected chi connectivity index (χ4v) is 3.73. The summed E-state index contributed by atoms with van der Waals surface area (Å²) in [5.41, 5.74) is 3.85. The van der Waals surface area contributed by atoms with Crippen LogP contribution in [0.4, 0.5) is 5.69 Å².